The van der Waals surface area contributed by atoms with E-state index in [-0.39, 0.29) is 5.82 Å². The van der Waals surface area contributed by atoms with E-state index >= 15 is 0 Å². The third kappa shape index (κ3) is 5.58. The molecule has 2 heteroatoms. The molecule has 0 aliphatic heterocycles. The van der Waals surface area contributed by atoms with Crippen molar-refractivity contribution >= 4 is 0 Å². The lowest BCUT2D eigenvalue weighted by Gasteiger charge is -2.07. The van der Waals surface area contributed by atoms with Crippen LogP contribution in [0.1, 0.15) is 43.7 Å². The standard InChI is InChI=1S/C19H23FO/c1-2-3-4-5-6-16-9-13-19(14-10-16)21-15-17-7-11-18(20)12-8-17/h7-14H,2-6,15H2,1H3. The summed E-state index contributed by atoms with van der Waals surface area (Å²) in [5, 5.41) is 0. The van der Waals surface area contributed by atoms with E-state index in [0.29, 0.717) is 6.61 Å². The number of aryl methyl sites for hydroxylation is 1. The van der Waals surface area contributed by atoms with E-state index in [4.69, 9.17) is 4.74 Å². The molecule has 0 aromatic heterocycles. The van der Waals surface area contributed by atoms with Crippen molar-refractivity contribution in [3.63, 3.8) is 0 Å². The molecule has 2 rings (SSSR count). The number of ether oxygens (including phenoxy) is 1. The van der Waals surface area contributed by atoms with Gasteiger partial charge in [0, 0.05) is 0 Å². The van der Waals surface area contributed by atoms with Gasteiger partial charge in [-0.2, -0.15) is 0 Å². The van der Waals surface area contributed by atoms with Gasteiger partial charge in [0.05, 0.1) is 0 Å². The Morgan fingerprint density at radius 3 is 2.14 bits per heavy atom. The molecule has 0 atom stereocenters. The van der Waals surface area contributed by atoms with Crippen LogP contribution in [-0.2, 0) is 13.0 Å². The van der Waals surface area contributed by atoms with E-state index in [9.17, 15) is 4.39 Å². The highest BCUT2D eigenvalue weighted by Gasteiger charge is 1.98. The van der Waals surface area contributed by atoms with Crippen molar-refractivity contribution in [3.05, 3.63) is 65.5 Å². The van der Waals surface area contributed by atoms with Crippen molar-refractivity contribution in [1.82, 2.24) is 0 Å². The summed E-state index contributed by atoms with van der Waals surface area (Å²) in [6, 6.07) is 14.7. The monoisotopic (exact) mass is 286 g/mol. The third-order valence-corrected chi connectivity index (χ3v) is 3.56. The van der Waals surface area contributed by atoms with E-state index in [2.05, 4.69) is 19.1 Å². The summed E-state index contributed by atoms with van der Waals surface area (Å²) in [4.78, 5) is 0. The number of hydrogen-bond acceptors (Lipinski definition) is 1. The summed E-state index contributed by atoms with van der Waals surface area (Å²) in [5.41, 5.74) is 2.33. The van der Waals surface area contributed by atoms with Crippen LogP contribution in [0.25, 0.3) is 0 Å². The van der Waals surface area contributed by atoms with Crippen molar-refractivity contribution in [3.8, 4) is 5.75 Å². The zero-order valence-electron chi connectivity index (χ0n) is 12.6. The smallest absolute Gasteiger partial charge is 0.123 e. The minimum atomic E-state index is -0.217. The van der Waals surface area contributed by atoms with Crippen molar-refractivity contribution in [1.29, 1.82) is 0 Å². The second kappa shape index (κ2) is 8.46. The lowest BCUT2D eigenvalue weighted by molar-refractivity contribution is 0.306. The van der Waals surface area contributed by atoms with Crippen LogP contribution < -0.4 is 4.74 Å². The molecule has 0 amide bonds. The second-order valence-corrected chi connectivity index (χ2v) is 5.37. The lowest BCUT2D eigenvalue weighted by Crippen LogP contribution is -1.95. The fraction of sp³-hybridized carbons (Fsp3) is 0.368. The molecule has 0 spiro atoms. The predicted octanol–water partition coefficient (Wildman–Crippen LogP) is 5.53. The average Bonchev–Trinajstić information content (AvgIpc) is 2.52. The normalized spacial score (nSPS) is 10.6. The molecule has 0 aliphatic carbocycles. The van der Waals surface area contributed by atoms with Gasteiger partial charge in [-0.3, -0.25) is 0 Å². The molecule has 0 aliphatic rings. The number of halogens is 1. The first-order chi connectivity index (χ1) is 10.3. The van der Waals surface area contributed by atoms with Crippen LogP contribution >= 0.6 is 0 Å². The summed E-state index contributed by atoms with van der Waals surface area (Å²) in [5.74, 6) is 0.641. The third-order valence-electron chi connectivity index (χ3n) is 3.56. The quantitative estimate of drug-likeness (QED) is 0.580. The summed E-state index contributed by atoms with van der Waals surface area (Å²) >= 11 is 0. The van der Waals surface area contributed by atoms with E-state index in [1.165, 1.54) is 43.4 Å². The van der Waals surface area contributed by atoms with E-state index in [1.54, 1.807) is 12.1 Å². The van der Waals surface area contributed by atoms with Gasteiger partial charge < -0.3 is 4.74 Å². The maximum absolute atomic E-state index is 12.8. The summed E-state index contributed by atoms with van der Waals surface area (Å²) in [6.45, 7) is 2.70. The maximum atomic E-state index is 12.8. The molecule has 0 saturated heterocycles. The molecule has 2 aromatic rings. The summed E-state index contributed by atoms with van der Waals surface area (Å²) in [6.07, 6.45) is 6.29. The minimum absolute atomic E-state index is 0.217. The molecule has 2 aromatic carbocycles. The van der Waals surface area contributed by atoms with Crippen LogP contribution in [-0.4, -0.2) is 0 Å². The molecular weight excluding hydrogens is 263 g/mol. The topological polar surface area (TPSA) is 9.23 Å². The highest BCUT2D eigenvalue weighted by atomic mass is 19.1. The van der Waals surface area contributed by atoms with Gasteiger partial charge in [0.25, 0.3) is 0 Å². The van der Waals surface area contributed by atoms with Crippen molar-refractivity contribution in [2.24, 2.45) is 0 Å². The highest BCUT2D eigenvalue weighted by molar-refractivity contribution is 5.28. The Morgan fingerprint density at radius 2 is 1.48 bits per heavy atom. The molecule has 112 valence electrons. The van der Waals surface area contributed by atoms with Gasteiger partial charge in [-0.1, -0.05) is 50.5 Å². The van der Waals surface area contributed by atoms with Gasteiger partial charge in [0.1, 0.15) is 18.2 Å². The average molecular weight is 286 g/mol. The Labute approximate surface area is 126 Å². The second-order valence-electron chi connectivity index (χ2n) is 5.37. The SMILES string of the molecule is CCCCCCc1ccc(OCc2ccc(F)cc2)cc1. The van der Waals surface area contributed by atoms with Crippen LogP contribution in [0.2, 0.25) is 0 Å². The molecule has 0 bridgehead atoms. The van der Waals surface area contributed by atoms with Gasteiger partial charge in [-0.25, -0.2) is 4.39 Å². The van der Waals surface area contributed by atoms with Gasteiger partial charge in [-0.15, -0.1) is 0 Å². The number of benzene rings is 2. The summed E-state index contributed by atoms with van der Waals surface area (Å²) < 4.78 is 18.5. The van der Waals surface area contributed by atoms with Gasteiger partial charge >= 0.3 is 0 Å². The Hall–Kier alpha value is -1.83. The van der Waals surface area contributed by atoms with Crippen molar-refractivity contribution in [2.45, 2.75) is 45.6 Å². The first-order valence-corrected chi connectivity index (χ1v) is 7.74. The Morgan fingerprint density at radius 1 is 0.810 bits per heavy atom. The Balaban J connectivity index is 1.78. The van der Waals surface area contributed by atoms with E-state index in [1.807, 2.05) is 12.1 Å². The molecule has 0 heterocycles. The maximum Gasteiger partial charge on any atom is 0.123 e. The van der Waals surface area contributed by atoms with Gasteiger partial charge in [0.15, 0.2) is 0 Å². The number of rotatable bonds is 8. The molecule has 1 nitrogen and oxygen atoms in total. The van der Waals surface area contributed by atoms with Gasteiger partial charge in [-0.05, 0) is 48.2 Å². The molecule has 0 unspecified atom stereocenters. The molecule has 0 saturated carbocycles. The van der Waals surface area contributed by atoms with E-state index in [0.717, 1.165) is 17.7 Å². The predicted molar refractivity (Wildman–Crippen MR) is 85.0 cm³/mol. The largest absolute Gasteiger partial charge is 0.489 e. The number of hydrogen-bond donors (Lipinski definition) is 0. The Bertz CT molecular complexity index is 516. The molecular formula is C19H23FO. The molecule has 0 fully saturated rings. The Kier molecular flexibility index (Phi) is 6.26. The van der Waals surface area contributed by atoms with Gasteiger partial charge in [0.2, 0.25) is 0 Å². The van der Waals surface area contributed by atoms with Crippen LogP contribution in [0, 0.1) is 5.82 Å². The van der Waals surface area contributed by atoms with Crippen LogP contribution in [0.15, 0.2) is 48.5 Å². The lowest BCUT2D eigenvalue weighted by atomic mass is 10.1. The first-order valence-electron chi connectivity index (χ1n) is 7.74. The van der Waals surface area contributed by atoms with E-state index < -0.39 is 0 Å². The zero-order chi connectivity index (χ0) is 14.9. The fourth-order valence-corrected chi connectivity index (χ4v) is 2.26. The molecule has 0 radical (unpaired) electrons. The fourth-order valence-electron chi connectivity index (χ4n) is 2.26. The first kappa shape index (κ1) is 15.6. The summed E-state index contributed by atoms with van der Waals surface area (Å²) in [7, 11) is 0. The molecule has 21 heavy (non-hydrogen) atoms. The zero-order valence-corrected chi connectivity index (χ0v) is 12.6. The van der Waals surface area contributed by atoms with Crippen LogP contribution in [0.3, 0.4) is 0 Å². The molecule has 0 N–H and O–H groups in total. The van der Waals surface area contributed by atoms with Crippen molar-refractivity contribution in [2.75, 3.05) is 0 Å². The minimum Gasteiger partial charge on any atom is -0.489 e. The highest BCUT2D eigenvalue weighted by Crippen LogP contribution is 2.16. The van der Waals surface area contributed by atoms with Crippen LogP contribution in [0.4, 0.5) is 4.39 Å². The van der Waals surface area contributed by atoms with Crippen LogP contribution in [0.5, 0.6) is 5.75 Å². The van der Waals surface area contributed by atoms with Crippen molar-refractivity contribution < 1.29 is 9.13 Å². The number of unbranched alkanes of at least 4 members (excludes halogenated alkanes) is 3.